The van der Waals surface area contributed by atoms with Gasteiger partial charge < -0.3 is 15.1 Å². The topological polar surface area (TPSA) is 43.2 Å². The highest BCUT2D eigenvalue weighted by molar-refractivity contribution is 14.1. The summed E-state index contributed by atoms with van der Waals surface area (Å²) >= 11 is 2.40. The number of anilines is 4. The fourth-order valence-corrected chi connectivity index (χ4v) is 7.95. The van der Waals surface area contributed by atoms with Crippen molar-refractivity contribution in [2.75, 3.05) is 9.80 Å². The smallest absolute Gasteiger partial charge is 0.136 e. The zero-order chi connectivity index (χ0) is 37.0. The number of aliphatic imine (C=N–C) groups is 2. The average molecular weight is 826 g/mol. The van der Waals surface area contributed by atoms with Crippen LogP contribution in [0.25, 0.3) is 18.0 Å². The van der Waals surface area contributed by atoms with Crippen molar-refractivity contribution in [3.8, 4) is 0 Å². The predicted octanol–water partition coefficient (Wildman–Crippen LogP) is 9.88. The molecule has 1 N–H and O–H groups in total. The molecule has 0 spiro atoms. The van der Waals surface area contributed by atoms with Gasteiger partial charge in [-0.1, -0.05) is 144 Å². The molecule has 4 unspecified atom stereocenters. The molecule has 4 atom stereocenters. The molecule has 268 valence electrons. The zero-order valence-corrected chi connectivity index (χ0v) is 32.4. The first-order valence-corrected chi connectivity index (χ1v) is 20.1. The van der Waals surface area contributed by atoms with E-state index in [2.05, 4.69) is 232 Å². The van der Waals surface area contributed by atoms with Crippen LogP contribution in [0.15, 0.2) is 192 Å². The molecule has 3 aliphatic heterocycles. The van der Waals surface area contributed by atoms with Crippen LogP contribution in [0.4, 0.5) is 22.7 Å². The quantitative estimate of drug-likeness (QED) is 0.131. The van der Waals surface area contributed by atoms with E-state index in [4.69, 9.17) is 9.98 Å². The van der Waals surface area contributed by atoms with Crippen molar-refractivity contribution in [3.63, 3.8) is 0 Å². The monoisotopic (exact) mass is 825 g/mol. The number of nitrogens with zero attached hydrogens (tertiary/aromatic N) is 4. The van der Waals surface area contributed by atoms with E-state index in [1.54, 1.807) is 0 Å². The average Bonchev–Trinajstić information content (AvgIpc) is 3.64. The van der Waals surface area contributed by atoms with Gasteiger partial charge in [-0.2, -0.15) is 0 Å². The Bertz CT molecular complexity index is 2510. The second-order valence-electron chi connectivity index (χ2n) is 13.9. The lowest BCUT2D eigenvalue weighted by molar-refractivity contribution is 0.739. The van der Waals surface area contributed by atoms with Crippen LogP contribution < -0.4 is 25.6 Å². The summed E-state index contributed by atoms with van der Waals surface area (Å²) in [5, 5.41) is 6.04. The molecule has 5 nitrogen and oxygen atoms in total. The van der Waals surface area contributed by atoms with Crippen molar-refractivity contribution in [1.29, 1.82) is 0 Å². The minimum atomic E-state index is 0.0803. The highest BCUT2D eigenvalue weighted by Gasteiger charge is 2.35. The van der Waals surface area contributed by atoms with Crippen LogP contribution in [0.1, 0.15) is 29.2 Å². The summed E-state index contributed by atoms with van der Waals surface area (Å²) in [6, 6.07) is 45.9. The molecule has 0 bridgehead atoms. The molecule has 0 saturated heterocycles. The molecule has 0 radical (unpaired) electrons. The van der Waals surface area contributed by atoms with Gasteiger partial charge in [0.25, 0.3) is 0 Å². The molecule has 0 fully saturated rings. The number of halogens is 1. The first-order chi connectivity index (χ1) is 27.2. The van der Waals surface area contributed by atoms with Gasteiger partial charge in [-0.05, 0) is 94.7 Å². The first-order valence-electron chi connectivity index (χ1n) is 18.8. The van der Waals surface area contributed by atoms with Crippen molar-refractivity contribution in [2.24, 2.45) is 9.98 Å². The lowest BCUT2D eigenvalue weighted by Gasteiger charge is -2.29. The summed E-state index contributed by atoms with van der Waals surface area (Å²) < 4.78 is 0.227. The third-order valence-electron chi connectivity index (χ3n) is 10.3. The molecule has 4 aliphatic rings. The number of allylic oxidation sites excluding steroid dienone is 7. The maximum absolute atomic E-state index is 5.23. The summed E-state index contributed by atoms with van der Waals surface area (Å²) in [5.41, 5.74) is 8.72. The Labute approximate surface area is 336 Å². The second kappa shape index (κ2) is 15.8. The normalized spacial score (nSPS) is 23.7. The number of hydrogen-bond donors (Lipinski definition) is 1. The maximum Gasteiger partial charge on any atom is 0.136 e. The molecule has 0 saturated carbocycles. The van der Waals surface area contributed by atoms with Gasteiger partial charge in [0.15, 0.2) is 0 Å². The Morgan fingerprint density at radius 2 is 1.31 bits per heavy atom. The van der Waals surface area contributed by atoms with Crippen molar-refractivity contribution in [2.45, 2.75) is 28.5 Å². The lowest BCUT2D eigenvalue weighted by atomic mass is 10.0. The summed E-state index contributed by atoms with van der Waals surface area (Å²) in [7, 11) is 0. The molecule has 9 rings (SSSR count). The van der Waals surface area contributed by atoms with Crippen molar-refractivity contribution < 1.29 is 0 Å². The van der Waals surface area contributed by atoms with E-state index in [9.17, 15) is 0 Å². The number of benzene rings is 5. The summed E-state index contributed by atoms with van der Waals surface area (Å²) in [4.78, 5) is 14.8. The number of para-hydroxylation sites is 1. The molecule has 6 heteroatoms. The third kappa shape index (κ3) is 7.42. The van der Waals surface area contributed by atoms with E-state index in [1.807, 2.05) is 6.21 Å². The number of hydrogen-bond acceptors (Lipinski definition) is 5. The molecule has 0 amide bonds. The van der Waals surface area contributed by atoms with E-state index in [-0.39, 0.29) is 22.1 Å². The highest BCUT2D eigenvalue weighted by Crippen LogP contribution is 2.38. The van der Waals surface area contributed by atoms with Gasteiger partial charge in [0.05, 0.1) is 27.7 Å². The molecular weight excluding hydrogens is 785 g/mol. The second-order valence-corrected chi connectivity index (χ2v) is 15.3. The summed E-state index contributed by atoms with van der Waals surface area (Å²) in [6.07, 6.45) is 26.6. The Morgan fingerprint density at radius 3 is 2.07 bits per heavy atom. The highest BCUT2D eigenvalue weighted by atomic mass is 127. The van der Waals surface area contributed by atoms with Crippen LogP contribution in [0.5, 0.6) is 0 Å². The minimum absolute atomic E-state index is 0.0803. The Kier molecular flexibility index (Phi) is 9.97. The van der Waals surface area contributed by atoms with Crippen LogP contribution in [-0.4, -0.2) is 28.1 Å². The van der Waals surface area contributed by atoms with Gasteiger partial charge in [0.1, 0.15) is 5.84 Å². The first kappa shape index (κ1) is 34.8. The molecule has 1 aliphatic carbocycles. The van der Waals surface area contributed by atoms with E-state index in [1.165, 1.54) is 16.0 Å². The number of fused-ring (bicyclic) bond motifs is 2. The molecule has 55 heavy (non-hydrogen) atoms. The third-order valence-corrected chi connectivity index (χ3v) is 11.1. The van der Waals surface area contributed by atoms with Gasteiger partial charge in [0.2, 0.25) is 0 Å². The standard InChI is InChI=1S/C49H40IN5/c50-40-14-4-1-2-7-17-45(52-34-40)35-20-26-42(27-21-35)54(43-28-22-36(23-29-43)47-32-38-12-8-9-13-39(38)33-51-47)44-30-24-37(25-31-44)49-53-46-18-10-11-19-48(46)55(49)41-15-5-3-6-16-41/h1-6,8-34,40,46-48,51H,7H2/b2-1-,14-4-,45-17-,52-34-. The van der Waals surface area contributed by atoms with E-state index in [0.29, 0.717) is 0 Å². The Morgan fingerprint density at radius 1 is 0.655 bits per heavy atom. The van der Waals surface area contributed by atoms with Crippen LogP contribution in [0.2, 0.25) is 0 Å². The van der Waals surface area contributed by atoms with Crippen molar-refractivity contribution in [1.82, 2.24) is 5.32 Å². The number of nitrogens with one attached hydrogen (secondary N) is 1. The fourth-order valence-electron chi connectivity index (χ4n) is 7.55. The maximum atomic E-state index is 5.23. The summed E-state index contributed by atoms with van der Waals surface area (Å²) in [5.74, 6) is 0.984. The van der Waals surface area contributed by atoms with Crippen molar-refractivity contribution in [3.05, 3.63) is 209 Å². The Hall–Kier alpha value is -5.99. The molecule has 0 aromatic heterocycles. The molecular formula is C49H40IN5. The lowest BCUT2D eigenvalue weighted by Crippen LogP contribution is -2.39. The van der Waals surface area contributed by atoms with Gasteiger partial charge >= 0.3 is 0 Å². The summed E-state index contributed by atoms with van der Waals surface area (Å²) in [6.45, 7) is 0. The van der Waals surface area contributed by atoms with Gasteiger partial charge in [-0.15, -0.1) is 0 Å². The largest absolute Gasteiger partial charge is 0.380 e. The number of rotatable bonds is 7. The van der Waals surface area contributed by atoms with Gasteiger partial charge in [-0.3, -0.25) is 9.98 Å². The van der Waals surface area contributed by atoms with E-state index >= 15 is 0 Å². The van der Waals surface area contributed by atoms with E-state index in [0.717, 1.165) is 51.8 Å². The number of alkyl halides is 1. The van der Waals surface area contributed by atoms with Crippen LogP contribution >= 0.6 is 22.6 Å². The number of amidine groups is 1. The van der Waals surface area contributed by atoms with Crippen LogP contribution in [-0.2, 0) is 0 Å². The van der Waals surface area contributed by atoms with Gasteiger partial charge in [-0.25, -0.2) is 0 Å². The van der Waals surface area contributed by atoms with Crippen molar-refractivity contribution >= 4 is 75.4 Å². The van der Waals surface area contributed by atoms with E-state index < -0.39 is 0 Å². The molecule has 5 aromatic carbocycles. The predicted molar refractivity (Wildman–Crippen MR) is 240 cm³/mol. The molecule has 5 aromatic rings. The van der Waals surface area contributed by atoms with Crippen LogP contribution in [0, 0.1) is 0 Å². The van der Waals surface area contributed by atoms with Gasteiger partial charge in [0, 0.05) is 40.7 Å². The zero-order valence-electron chi connectivity index (χ0n) is 30.2. The minimum Gasteiger partial charge on any atom is -0.380 e. The SMILES string of the molecule is IC1/C=C\C=C/C/C=C(c2ccc(N(c3ccc(C4=NC5C=CC=CC5N4c4ccccc4)cc3)c3ccc(C4C=c5ccccc5=CN4)cc3)cc2)\N=C/1. The Balaban J connectivity index is 1.07. The molecule has 3 heterocycles. The van der Waals surface area contributed by atoms with Crippen LogP contribution in [0.3, 0.4) is 0 Å². The fraction of sp³-hybridized carbons (Fsp3) is 0.102.